The van der Waals surface area contributed by atoms with Crippen LogP contribution in [-0.4, -0.2) is 11.1 Å². The number of benzene rings is 1. The van der Waals surface area contributed by atoms with Gasteiger partial charge in [0, 0.05) is 15.8 Å². The predicted octanol–water partition coefficient (Wildman–Crippen LogP) is 4.70. The van der Waals surface area contributed by atoms with Crippen LogP contribution in [0.2, 0.25) is 5.02 Å². The minimum atomic E-state index is -0.975. The molecule has 0 saturated carbocycles. The molecule has 1 aromatic carbocycles. The van der Waals surface area contributed by atoms with Crippen LogP contribution in [0, 0.1) is 5.82 Å². The second-order valence-corrected chi connectivity index (χ2v) is 5.45. The summed E-state index contributed by atoms with van der Waals surface area (Å²) in [5.41, 5.74) is 1.49. The predicted molar refractivity (Wildman–Crippen MR) is 76.0 cm³/mol. The molecule has 5 heteroatoms. The van der Waals surface area contributed by atoms with Crippen molar-refractivity contribution in [2.45, 2.75) is 6.92 Å². The Balaban J connectivity index is 2.35. The Morgan fingerprint density at radius 2 is 2.11 bits per heavy atom. The molecular formula is C14H10ClFO2S. The van der Waals surface area contributed by atoms with Crippen LogP contribution in [0.25, 0.3) is 16.0 Å². The average molecular weight is 297 g/mol. The van der Waals surface area contributed by atoms with E-state index >= 15 is 0 Å². The third kappa shape index (κ3) is 3.22. The SMILES string of the molecule is C/C(=C\C(=O)O)c1ccc(-c2ccc(F)c(Cl)c2)s1. The zero-order chi connectivity index (χ0) is 14.0. The Morgan fingerprint density at radius 3 is 2.74 bits per heavy atom. The van der Waals surface area contributed by atoms with Crippen molar-refractivity contribution in [3.63, 3.8) is 0 Å². The topological polar surface area (TPSA) is 37.3 Å². The second-order valence-electron chi connectivity index (χ2n) is 3.96. The third-order valence-corrected chi connectivity index (χ3v) is 4.10. The van der Waals surface area contributed by atoms with Crippen LogP contribution in [0.15, 0.2) is 36.4 Å². The van der Waals surface area contributed by atoms with E-state index in [4.69, 9.17) is 16.7 Å². The second kappa shape index (κ2) is 5.55. The highest BCUT2D eigenvalue weighted by Crippen LogP contribution is 2.33. The van der Waals surface area contributed by atoms with E-state index in [0.29, 0.717) is 5.57 Å². The molecule has 2 nitrogen and oxygen atoms in total. The Hall–Kier alpha value is -1.65. The molecule has 1 N–H and O–H groups in total. The van der Waals surface area contributed by atoms with Crippen molar-refractivity contribution in [2.24, 2.45) is 0 Å². The van der Waals surface area contributed by atoms with Gasteiger partial charge in [-0.1, -0.05) is 17.7 Å². The molecule has 2 aromatic rings. The van der Waals surface area contributed by atoms with Gasteiger partial charge >= 0.3 is 5.97 Å². The molecule has 0 spiro atoms. The summed E-state index contributed by atoms with van der Waals surface area (Å²) in [7, 11) is 0. The minimum Gasteiger partial charge on any atom is -0.478 e. The van der Waals surface area contributed by atoms with Crippen molar-refractivity contribution in [3.8, 4) is 10.4 Å². The molecule has 0 atom stereocenters. The Labute approximate surface area is 118 Å². The molecule has 1 heterocycles. The molecule has 0 unspecified atom stereocenters. The number of thiophene rings is 1. The number of carbonyl (C=O) groups is 1. The van der Waals surface area contributed by atoms with Gasteiger partial charge in [-0.2, -0.15) is 0 Å². The zero-order valence-corrected chi connectivity index (χ0v) is 11.6. The molecule has 0 aliphatic rings. The zero-order valence-electron chi connectivity index (χ0n) is 9.98. The molecule has 0 saturated heterocycles. The number of hydrogen-bond donors (Lipinski definition) is 1. The molecule has 98 valence electrons. The van der Waals surface area contributed by atoms with Crippen LogP contribution < -0.4 is 0 Å². The highest BCUT2D eigenvalue weighted by Gasteiger charge is 2.07. The van der Waals surface area contributed by atoms with Crippen molar-refractivity contribution in [3.05, 3.63) is 52.1 Å². The first-order valence-corrected chi connectivity index (χ1v) is 6.63. The van der Waals surface area contributed by atoms with E-state index in [0.717, 1.165) is 21.4 Å². The van der Waals surface area contributed by atoms with Crippen LogP contribution in [-0.2, 0) is 4.79 Å². The minimum absolute atomic E-state index is 0.0743. The van der Waals surface area contributed by atoms with E-state index in [1.54, 1.807) is 19.1 Å². The van der Waals surface area contributed by atoms with E-state index in [2.05, 4.69) is 0 Å². The Bertz CT molecular complexity index is 661. The fraction of sp³-hybridized carbons (Fsp3) is 0.0714. The summed E-state index contributed by atoms with van der Waals surface area (Å²) in [6.07, 6.45) is 1.16. The van der Waals surface area contributed by atoms with Crippen molar-refractivity contribution in [1.82, 2.24) is 0 Å². The van der Waals surface area contributed by atoms with Gasteiger partial charge in [0.2, 0.25) is 0 Å². The van der Waals surface area contributed by atoms with E-state index in [1.807, 2.05) is 12.1 Å². The van der Waals surface area contributed by atoms with Gasteiger partial charge < -0.3 is 5.11 Å². The summed E-state index contributed by atoms with van der Waals surface area (Å²) in [4.78, 5) is 12.4. The average Bonchev–Trinajstić information content (AvgIpc) is 2.81. The van der Waals surface area contributed by atoms with Gasteiger partial charge in [0.25, 0.3) is 0 Å². The monoisotopic (exact) mass is 296 g/mol. The molecule has 0 radical (unpaired) electrons. The van der Waals surface area contributed by atoms with E-state index in [9.17, 15) is 9.18 Å². The van der Waals surface area contributed by atoms with Gasteiger partial charge in [-0.3, -0.25) is 0 Å². The van der Waals surface area contributed by atoms with Gasteiger partial charge in [0.05, 0.1) is 5.02 Å². The molecular weight excluding hydrogens is 287 g/mol. The fourth-order valence-electron chi connectivity index (χ4n) is 1.61. The maximum Gasteiger partial charge on any atom is 0.328 e. The summed E-state index contributed by atoms with van der Waals surface area (Å²) in [6.45, 7) is 1.74. The van der Waals surface area contributed by atoms with E-state index < -0.39 is 11.8 Å². The molecule has 0 aliphatic carbocycles. The van der Waals surface area contributed by atoms with E-state index in [-0.39, 0.29) is 5.02 Å². The number of hydrogen-bond acceptors (Lipinski definition) is 2. The Morgan fingerprint density at radius 1 is 1.37 bits per heavy atom. The smallest absolute Gasteiger partial charge is 0.328 e. The molecule has 0 fully saturated rings. The standard InChI is InChI=1S/C14H10ClFO2S/c1-8(6-14(17)18)12-4-5-13(19-12)9-2-3-11(16)10(15)7-9/h2-7H,1H3,(H,17,18)/b8-6+. The largest absolute Gasteiger partial charge is 0.478 e. The van der Waals surface area contributed by atoms with Crippen LogP contribution in [0.4, 0.5) is 4.39 Å². The van der Waals surface area contributed by atoms with Crippen molar-refractivity contribution >= 4 is 34.5 Å². The normalized spacial score (nSPS) is 11.6. The third-order valence-electron chi connectivity index (χ3n) is 2.54. The maximum atomic E-state index is 13.1. The molecule has 19 heavy (non-hydrogen) atoms. The van der Waals surface area contributed by atoms with Gasteiger partial charge in [-0.15, -0.1) is 11.3 Å². The van der Waals surface area contributed by atoms with Crippen molar-refractivity contribution in [1.29, 1.82) is 0 Å². The van der Waals surface area contributed by atoms with Crippen molar-refractivity contribution < 1.29 is 14.3 Å². The van der Waals surface area contributed by atoms with E-state index in [1.165, 1.54) is 17.4 Å². The summed E-state index contributed by atoms with van der Waals surface area (Å²) in [5, 5.41) is 8.78. The number of rotatable bonds is 3. The molecule has 1 aromatic heterocycles. The molecule has 0 aliphatic heterocycles. The number of carboxylic acids is 1. The van der Waals surface area contributed by atoms with Gasteiger partial charge in [0.1, 0.15) is 5.82 Å². The van der Waals surface area contributed by atoms with Crippen LogP contribution in [0.3, 0.4) is 0 Å². The number of halogens is 2. The lowest BCUT2D eigenvalue weighted by molar-refractivity contribution is -0.131. The first-order valence-electron chi connectivity index (χ1n) is 5.44. The van der Waals surface area contributed by atoms with Crippen LogP contribution in [0.5, 0.6) is 0 Å². The first-order chi connectivity index (χ1) is 8.97. The highest BCUT2D eigenvalue weighted by molar-refractivity contribution is 7.16. The number of carboxylic acid groups (broad SMARTS) is 1. The Kier molecular flexibility index (Phi) is 4.02. The van der Waals surface area contributed by atoms with Gasteiger partial charge in [0.15, 0.2) is 0 Å². The van der Waals surface area contributed by atoms with Gasteiger partial charge in [-0.05, 0) is 42.3 Å². The molecule has 0 bridgehead atoms. The number of aliphatic carboxylic acids is 1. The summed E-state index contributed by atoms with van der Waals surface area (Å²) >= 11 is 7.18. The lowest BCUT2D eigenvalue weighted by atomic mass is 10.2. The lowest BCUT2D eigenvalue weighted by Crippen LogP contribution is -1.88. The highest BCUT2D eigenvalue weighted by atomic mass is 35.5. The lowest BCUT2D eigenvalue weighted by Gasteiger charge is -1.99. The van der Waals surface area contributed by atoms with Crippen LogP contribution in [0.1, 0.15) is 11.8 Å². The fourth-order valence-corrected chi connectivity index (χ4v) is 2.77. The van der Waals surface area contributed by atoms with Crippen molar-refractivity contribution in [2.75, 3.05) is 0 Å². The van der Waals surface area contributed by atoms with Gasteiger partial charge in [-0.25, -0.2) is 9.18 Å². The quantitative estimate of drug-likeness (QED) is 0.834. The first kappa shape index (κ1) is 13.8. The summed E-state index contributed by atoms with van der Waals surface area (Å²) in [6, 6.07) is 8.22. The summed E-state index contributed by atoms with van der Waals surface area (Å²) in [5.74, 6) is -1.43. The molecule has 2 rings (SSSR count). The summed E-state index contributed by atoms with van der Waals surface area (Å²) < 4.78 is 13.1. The van der Waals surface area contributed by atoms with Crippen LogP contribution >= 0.6 is 22.9 Å². The molecule has 0 amide bonds. The number of allylic oxidation sites excluding steroid dienone is 1. The maximum absolute atomic E-state index is 13.1.